The number of hydrogen-bond donors (Lipinski definition) is 1. The Labute approximate surface area is 51.8 Å². The van der Waals surface area contributed by atoms with E-state index >= 15 is 0 Å². The van der Waals surface area contributed by atoms with Crippen LogP contribution in [0.2, 0.25) is 0 Å². The van der Waals surface area contributed by atoms with Gasteiger partial charge in [-0.1, -0.05) is 0 Å². The quantitative estimate of drug-likeness (QED) is 0.597. The molecular weight excluding hydrogens is 167 g/mol. The summed E-state index contributed by atoms with van der Waals surface area (Å²) < 4.78 is -0.637. The van der Waals surface area contributed by atoms with Gasteiger partial charge in [0.25, 0.3) is 0 Å². The van der Waals surface area contributed by atoms with Gasteiger partial charge in [0.15, 0.2) is 0 Å². The molecule has 1 heterocycles. The zero-order valence-electron chi connectivity index (χ0n) is 4.11. The number of hydrogen-bond acceptors (Lipinski definition) is 1. The van der Waals surface area contributed by atoms with Crippen LogP contribution in [0.5, 0.6) is 0 Å². The van der Waals surface area contributed by atoms with Gasteiger partial charge < -0.3 is 0 Å². The van der Waals surface area contributed by atoms with E-state index in [-0.39, 0.29) is 0 Å². The Kier molecular flexibility index (Phi) is 1.54. The van der Waals surface area contributed by atoms with Crippen LogP contribution in [-0.2, 0) is 0 Å². The summed E-state index contributed by atoms with van der Waals surface area (Å²) in [5.41, 5.74) is 0. The van der Waals surface area contributed by atoms with Gasteiger partial charge in [-0.3, -0.25) is 0 Å². The predicted octanol–water partition coefficient (Wildman–Crippen LogP) is 0.945. The molecule has 3 heteroatoms. The van der Waals surface area contributed by atoms with E-state index in [2.05, 4.69) is 0 Å². The summed E-state index contributed by atoms with van der Waals surface area (Å²) in [6.45, 7) is 0. The van der Waals surface area contributed by atoms with Gasteiger partial charge in [-0.05, 0) is 0 Å². The maximum atomic E-state index is 10.2. The van der Waals surface area contributed by atoms with Crippen molar-refractivity contribution in [3.05, 3.63) is 21.9 Å². The zero-order valence-corrected chi connectivity index (χ0v) is 5.99. The van der Waals surface area contributed by atoms with Crippen LogP contribution in [0, 0.1) is 0 Å². The summed E-state index contributed by atoms with van der Waals surface area (Å²) in [7, 11) is 0. The Hall–Kier alpha value is -0.492. The van der Waals surface area contributed by atoms with Gasteiger partial charge in [-0.25, -0.2) is 0 Å². The summed E-state index contributed by atoms with van der Waals surface area (Å²) in [6, 6.07) is 0. The van der Waals surface area contributed by atoms with Crippen molar-refractivity contribution in [3.8, 4) is 0 Å². The molecule has 0 aromatic rings. The third kappa shape index (κ3) is 1.01. The van der Waals surface area contributed by atoms with Gasteiger partial charge >= 0.3 is 51.2 Å². The fourth-order valence-corrected chi connectivity index (χ4v) is 2.40. The van der Waals surface area contributed by atoms with Gasteiger partial charge in [0.2, 0.25) is 0 Å². The molecular formula is C5H5AsO2. The Morgan fingerprint density at radius 2 is 1.88 bits per heavy atom. The molecule has 0 bridgehead atoms. The second kappa shape index (κ2) is 2.18. The third-order valence-electron chi connectivity index (χ3n) is 0.825. The van der Waals surface area contributed by atoms with Crippen molar-refractivity contribution in [2.45, 2.75) is 0 Å². The molecule has 0 atom stereocenters. The first kappa shape index (κ1) is 5.64. The van der Waals surface area contributed by atoms with E-state index in [1.807, 2.05) is 0 Å². The Bertz CT molecular complexity index is 148. The Morgan fingerprint density at radius 1 is 1.38 bits per heavy atom. The van der Waals surface area contributed by atoms with Crippen LogP contribution in [0.25, 0.3) is 0 Å². The van der Waals surface area contributed by atoms with Gasteiger partial charge in [-0.15, -0.1) is 0 Å². The number of carboxylic acid groups (broad SMARTS) is 1. The van der Waals surface area contributed by atoms with Crippen molar-refractivity contribution < 1.29 is 9.90 Å². The Morgan fingerprint density at radius 3 is 2.12 bits per heavy atom. The van der Waals surface area contributed by atoms with Crippen LogP contribution < -0.4 is 0 Å². The van der Waals surface area contributed by atoms with Gasteiger partial charge in [0, 0.05) is 0 Å². The van der Waals surface area contributed by atoms with Crippen molar-refractivity contribution in [1.29, 1.82) is 0 Å². The third-order valence-corrected chi connectivity index (χ3v) is 3.82. The van der Waals surface area contributed by atoms with E-state index < -0.39 is 19.4 Å². The van der Waals surface area contributed by atoms with Crippen molar-refractivity contribution in [1.82, 2.24) is 0 Å². The molecule has 1 N–H and O–H groups in total. The zero-order chi connectivity index (χ0) is 5.98. The first-order chi connectivity index (χ1) is 3.80. The average Bonchev–Trinajstić information content (AvgIpc) is 2.12. The van der Waals surface area contributed by atoms with E-state index in [0.717, 1.165) is 0 Å². The van der Waals surface area contributed by atoms with E-state index in [4.69, 9.17) is 5.11 Å². The van der Waals surface area contributed by atoms with Crippen LogP contribution in [0.4, 0.5) is 4.79 Å². The molecule has 8 heavy (non-hydrogen) atoms. The molecule has 0 aliphatic carbocycles. The van der Waals surface area contributed by atoms with Crippen LogP contribution >= 0.6 is 0 Å². The second-order valence-corrected chi connectivity index (χ2v) is 5.14. The summed E-state index contributed by atoms with van der Waals surface area (Å²) in [4.78, 5) is 13.7. The fraction of sp³-hybridized carbons (Fsp3) is 0. The maximum absolute atomic E-state index is 10.2. The second-order valence-electron chi connectivity index (χ2n) is 1.37. The van der Waals surface area contributed by atoms with Crippen LogP contribution in [0.3, 0.4) is 0 Å². The molecule has 0 radical (unpaired) electrons. The number of allylic oxidation sites excluding steroid dienone is 2. The van der Waals surface area contributed by atoms with Crippen molar-refractivity contribution in [2.75, 3.05) is 0 Å². The van der Waals surface area contributed by atoms with Crippen molar-refractivity contribution >= 4 is 19.4 Å². The van der Waals surface area contributed by atoms with Crippen LogP contribution in [-0.4, -0.2) is 24.5 Å². The first-order valence-corrected chi connectivity index (χ1v) is 5.27. The molecule has 0 saturated heterocycles. The minimum atomic E-state index is -1.66. The van der Waals surface area contributed by atoms with Gasteiger partial charge in [-0.2, -0.15) is 0 Å². The van der Waals surface area contributed by atoms with E-state index in [0.29, 0.717) is 0 Å². The summed E-state index contributed by atoms with van der Waals surface area (Å²) in [5, 5.41) is 8.38. The van der Waals surface area contributed by atoms with Crippen LogP contribution in [0.15, 0.2) is 21.9 Å². The summed E-state index contributed by atoms with van der Waals surface area (Å²) in [6.07, 6.45) is 3.60. The normalized spacial score (nSPS) is 17.5. The molecule has 0 saturated carbocycles. The van der Waals surface area contributed by atoms with Crippen LogP contribution in [0.1, 0.15) is 0 Å². The SMILES string of the molecule is O=C(O)[As]1C=CC=C1. The molecule has 0 fully saturated rings. The van der Waals surface area contributed by atoms with Crippen molar-refractivity contribution in [2.24, 2.45) is 0 Å². The van der Waals surface area contributed by atoms with E-state index in [9.17, 15) is 4.79 Å². The molecule has 0 spiro atoms. The fourth-order valence-electron chi connectivity index (χ4n) is 0.462. The molecule has 1 aliphatic heterocycles. The monoisotopic (exact) mass is 172 g/mol. The van der Waals surface area contributed by atoms with Gasteiger partial charge in [0.05, 0.1) is 0 Å². The molecule has 42 valence electrons. The molecule has 1 rings (SSSR count). The molecule has 2 nitrogen and oxygen atoms in total. The van der Waals surface area contributed by atoms with Crippen molar-refractivity contribution in [3.63, 3.8) is 0 Å². The first-order valence-electron chi connectivity index (χ1n) is 2.17. The number of rotatable bonds is 1. The Balaban J connectivity index is 2.62. The van der Waals surface area contributed by atoms with E-state index in [1.54, 1.807) is 21.9 Å². The molecule has 0 aromatic carbocycles. The standard InChI is InChI=1S/C5H5AsO2/c7-5(8)6-3-1-2-4-6/h1-4H,(H,7,8). The minimum absolute atomic E-state index is 0.637. The van der Waals surface area contributed by atoms with Gasteiger partial charge in [0.1, 0.15) is 0 Å². The summed E-state index contributed by atoms with van der Waals surface area (Å²) in [5.74, 6) is 0. The summed E-state index contributed by atoms with van der Waals surface area (Å²) >= 11 is -1.66. The van der Waals surface area contributed by atoms with E-state index in [1.165, 1.54) is 0 Å². The average molecular weight is 172 g/mol. The predicted molar refractivity (Wildman–Crippen MR) is 32.1 cm³/mol. The molecule has 1 aliphatic rings. The molecule has 0 aromatic heterocycles. The molecule has 0 unspecified atom stereocenters. The topological polar surface area (TPSA) is 37.3 Å². The molecule has 0 amide bonds. The number of carbonyl (C=O) groups is 1.